The Morgan fingerprint density at radius 1 is 1.19 bits per heavy atom. The molecule has 2 N–H and O–H groups in total. The van der Waals surface area contributed by atoms with E-state index in [2.05, 4.69) is 20.3 Å². The molecule has 3 heterocycles. The van der Waals surface area contributed by atoms with E-state index in [1.807, 2.05) is 4.90 Å². The van der Waals surface area contributed by atoms with E-state index in [1.165, 1.54) is 0 Å². The normalized spacial score (nSPS) is 14.6. The molecule has 0 spiro atoms. The average molecular weight is 328 g/mol. The number of aromatic nitrogens is 3. The third kappa shape index (κ3) is 3.34. The Balaban J connectivity index is 0.00000161. The van der Waals surface area contributed by atoms with Gasteiger partial charge < -0.3 is 15.2 Å². The van der Waals surface area contributed by atoms with E-state index in [4.69, 9.17) is 11.6 Å². The molecule has 1 fully saturated rings. The Morgan fingerprint density at radius 3 is 2.52 bits per heavy atom. The zero-order valence-corrected chi connectivity index (χ0v) is 12.7. The molecule has 1 saturated heterocycles. The maximum atomic E-state index is 12.0. The highest BCUT2D eigenvalue weighted by Crippen LogP contribution is 2.23. The van der Waals surface area contributed by atoms with Crippen LogP contribution >= 0.6 is 24.0 Å². The van der Waals surface area contributed by atoms with Crippen LogP contribution < -0.4 is 15.8 Å². The summed E-state index contributed by atoms with van der Waals surface area (Å²) in [4.78, 5) is 25.2. The van der Waals surface area contributed by atoms with Gasteiger partial charge in [-0.15, -0.1) is 12.4 Å². The van der Waals surface area contributed by atoms with E-state index in [0.717, 1.165) is 31.7 Å². The molecule has 1 aliphatic rings. The van der Waals surface area contributed by atoms with E-state index in [-0.39, 0.29) is 23.0 Å². The molecule has 0 radical (unpaired) electrons. The van der Waals surface area contributed by atoms with E-state index in [9.17, 15) is 4.79 Å². The van der Waals surface area contributed by atoms with Crippen molar-refractivity contribution in [1.82, 2.24) is 20.3 Å². The van der Waals surface area contributed by atoms with Gasteiger partial charge in [0.2, 0.25) is 0 Å². The van der Waals surface area contributed by atoms with Crippen LogP contribution in [0.2, 0.25) is 5.02 Å². The average Bonchev–Trinajstić information content (AvgIpc) is 2.51. The van der Waals surface area contributed by atoms with Crippen LogP contribution in [0.1, 0.15) is 0 Å². The maximum absolute atomic E-state index is 12.0. The lowest BCUT2D eigenvalue weighted by Gasteiger charge is -2.29. The number of rotatable bonds is 2. The van der Waals surface area contributed by atoms with Crippen molar-refractivity contribution in [1.29, 1.82) is 0 Å². The van der Waals surface area contributed by atoms with Crippen LogP contribution in [0.3, 0.4) is 0 Å². The molecular formula is C13H15Cl2N5O. The van der Waals surface area contributed by atoms with Crippen LogP contribution in [0.15, 0.2) is 29.3 Å². The number of hydrogen-bond donors (Lipinski definition) is 2. The fourth-order valence-corrected chi connectivity index (χ4v) is 2.39. The highest BCUT2D eigenvalue weighted by atomic mass is 35.5. The first kappa shape index (κ1) is 15.8. The summed E-state index contributed by atoms with van der Waals surface area (Å²) in [5.41, 5.74) is 0.493. The molecule has 0 aromatic carbocycles. The number of H-pyrrole nitrogens is 1. The first-order valence-electron chi connectivity index (χ1n) is 6.41. The zero-order chi connectivity index (χ0) is 13.9. The quantitative estimate of drug-likeness (QED) is 0.870. The van der Waals surface area contributed by atoms with Crippen molar-refractivity contribution in [3.05, 3.63) is 39.9 Å². The summed E-state index contributed by atoms with van der Waals surface area (Å²) in [6.07, 6.45) is 3.32. The van der Waals surface area contributed by atoms with Gasteiger partial charge in [0.15, 0.2) is 5.82 Å². The standard InChI is InChI=1S/C13H14ClN5O.ClH/c14-10-12(19-7-5-16-6-8-19)17-11(18-13(10)20)9-1-3-15-4-2-9;/h1-4,16H,5-8H2,(H,17,18,20);1H. The summed E-state index contributed by atoms with van der Waals surface area (Å²) < 4.78 is 0. The first-order valence-corrected chi connectivity index (χ1v) is 6.79. The van der Waals surface area contributed by atoms with Gasteiger partial charge in [0.1, 0.15) is 10.8 Å². The van der Waals surface area contributed by atoms with Gasteiger partial charge in [-0.3, -0.25) is 9.78 Å². The molecule has 0 bridgehead atoms. The van der Waals surface area contributed by atoms with Crippen LogP contribution in [0.25, 0.3) is 11.4 Å². The van der Waals surface area contributed by atoms with E-state index in [0.29, 0.717) is 11.6 Å². The van der Waals surface area contributed by atoms with Crippen molar-refractivity contribution in [3.63, 3.8) is 0 Å². The van der Waals surface area contributed by atoms with Crippen molar-refractivity contribution in [2.24, 2.45) is 0 Å². The molecule has 0 unspecified atom stereocenters. The van der Waals surface area contributed by atoms with Gasteiger partial charge in [-0.2, -0.15) is 0 Å². The topological polar surface area (TPSA) is 73.9 Å². The highest BCUT2D eigenvalue weighted by molar-refractivity contribution is 6.32. The Kier molecular flexibility index (Phi) is 5.17. The number of anilines is 1. The van der Waals surface area contributed by atoms with Gasteiger partial charge in [0.05, 0.1) is 0 Å². The predicted molar refractivity (Wildman–Crippen MR) is 85.4 cm³/mol. The number of pyridine rings is 1. The summed E-state index contributed by atoms with van der Waals surface area (Å²) in [6.45, 7) is 3.28. The summed E-state index contributed by atoms with van der Waals surface area (Å²) in [5, 5.41) is 3.40. The number of nitrogens with zero attached hydrogens (tertiary/aromatic N) is 3. The Morgan fingerprint density at radius 2 is 1.86 bits per heavy atom. The van der Waals surface area contributed by atoms with Gasteiger partial charge in [-0.1, -0.05) is 11.6 Å². The monoisotopic (exact) mass is 327 g/mol. The molecule has 112 valence electrons. The molecule has 0 amide bonds. The Labute approximate surface area is 133 Å². The summed E-state index contributed by atoms with van der Waals surface area (Å²) in [7, 11) is 0. The lowest BCUT2D eigenvalue weighted by atomic mass is 10.2. The van der Waals surface area contributed by atoms with Gasteiger partial charge in [0.25, 0.3) is 5.56 Å². The van der Waals surface area contributed by atoms with Crippen LogP contribution in [0, 0.1) is 0 Å². The molecule has 0 atom stereocenters. The zero-order valence-electron chi connectivity index (χ0n) is 11.2. The molecular weight excluding hydrogens is 313 g/mol. The Bertz CT molecular complexity index is 655. The highest BCUT2D eigenvalue weighted by Gasteiger charge is 2.18. The molecule has 3 rings (SSSR count). The summed E-state index contributed by atoms with van der Waals surface area (Å²) >= 11 is 6.11. The van der Waals surface area contributed by atoms with Gasteiger partial charge >= 0.3 is 0 Å². The number of halogens is 2. The lowest BCUT2D eigenvalue weighted by Crippen LogP contribution is -2.44. The second-order valence-electron chi connectivity index (χ2n) is 4.53. The van der Waals surface area contributed by atoms with Crippen molar-refractivity contribution >= 4 is 29.8 Å². The van der Waals surface area contributed by atoms with E-state index < -0.39 is 0 Å². The van der Waals surface area contributed by atoms with Crippen LogP contribution in [0.5, 0.6) is 0 Å². The number of nitrogens with one attached hydrogen (secondary N) is 2. The summed E-state index contributed by atoms with van der Waals surface area (Å²) in [5.74, 6) is 1.05. The molecule has 6 nitrogen and oxygen atoms in total. The SMILES string of the molecule is Cl.O=c1[nH]c(-c2ccncc2)nc(N2CCNCC2)c1Cl. The van der Waals surface area contributed by atoms with Crippen molar-refractivity contribution in [2.75, 3.05) is 31.1 Å². The largest absolute Gasteiger partial charge is 0.353 e. The van der Waals surface area contributed by atoms with E-state index >= 15 is 0 Å². The number of aromatic amines is 1. The Hall–Kier alpha value is -1.63. The first-order chi connectivity index (χ1) is 9.75. The lowest BCUT2D eigenvalue weighted by molar-refractivity contribution is 0.584. The molecule has 0 aliphatic carbocycles. The fraction of sp³-hybridized carbons (Fsp3) is 0.308. The minimum Gasteiger partial charge on any atom is -0.353 e. The van der Waals surface area contributed by atoms with Gasteiger partial charge in [-0.05, 0) is 12.1 Å². The third-order valence-corrected chi connectivity index (χ3v) is 3.56. The molecule has 2 aromatic heterocycles. The number of piperazine rings is 1. The molecule has 2 aromatic rings. The van der Waals surface area contributed by atoms with Crippen LogP contribution in [0.4, 0.5) is 5.82 Å². The molecule has 1 aliphatic heterocycles. The molecule has 8 heteroatoms. The van der Waals surface area contributed by atoms with Crippen molar-refractivity contribution in [3.8, 4) is 11.4 Å². The fourth-order valence-electron chi connectivity index (χ4n) is 2.18. The predicted octanol–water partition coefficient (Wildman–Crippen LogP) is 1.32. The van der Waals surface area contributed by atoms with Crippen molar-refractivity contribution in [2.45, 2.75) is 0 Å². The molecule has 0 saturated carbocycles. The van der Waals surface area contributed by atoms with E-state index in [1.54, 1.807) is 24.5 Å². The summed E-state index contributed by atoms with van der Waals surface area (Å²) in [6, 6.07) is 3.60. The second-order valence-corrected chi connectivity index (χ2v) is 4.90. The van der Waals surface area contributed by atoms with Crippen LogP contribution in [-0.2, 0) is 0 Å². The number of hydrogen-bond acceptors (Lipinski definition) is 5. The minimum absolute atomic E-state index is 0. The van der Waals surface area contributed by atoms with Crippen molar-refractivity contribution < 1.29 is 0 Å². The second kappa shape index (κ2) is 6.89. The van der Waals surface area contributed by atoms with Crippen LogP contribution in [-0.4, -0.2) is 41.1 Å². The van der Waals surface area contributed by atoms with Gasteiger partial charge in [0, 0.05) is 44.1 Å². The molecule has 21 heavy (non-hydrogen) atoms. The smallest absolute Gasteiger partial charge is 0.272 e. The maximum Gasteiger partial charge on any atom is 0.272 e. The third-order valence-electron chi connectivity index (χ3n) is 3.22. The minimum atomic E-state index is -0.318. The van der Waals surface area contributed by atoms with Gasteiger partial charge in [-0.25, -0.2) is 4.98 Å².